The van der Waals surface area contributed by atoms with Crippen molar-refractivity contribution in [2.45, 2.75) is 24.8 Å². The molecule has 1 aromatic heterocycles. The molecule has 20 heavy (non-hydrogen) atoms. The Labute approximate surface area is 119 Å². The summed E-state index contributed by atoms with van der Waals surface area (Å²) < 4.78 is 32.5. The van der Waals surface area contributed by atoms with Gasteiger partial charge < -0.3 is 15.6 Å². The number of nitrogen functional groups attached to an aromatic ring is 1. The van der Waals surface area contributed by atoms with E-state index < -0.39 is 10.0 Å². The second kappa shape index (κ2) is 7.58. The third-order valence-electron chi connectivity index (χ3n) is 2.72. The summed E-state index contributed by atoms with van der Waals surface area (Å²) in [5, 5.41) is 13.0. The Morgan fingerprint density at radius 3 is 2.75 bits per heavy atom. The number of hydrogen-bond acceptors (Lipinski definition) is 6. The molecule has 1 heterocycles. The van der Waals surface area contributed by atoms with Crippen molar-refractivity contribution in [3.63, 3.8) is 0 Å². The van der Waals surface area contributed by atoms with Crippen LogP contribution in [0, 0.1) is 0 Å². The number of anilines is 1. The lowest BCUT2D eigenvalue weighted by molar-refractivity contribution is 0.168. The van der Waals surface area contributed by atoms with E-state index >= 15 is 0 Å². The van der Waals surface area contributed by atoms with Crippen molar-refractivity contribution in [3.05, 3.63) is 6.20 Å². The van der Waals surface area contributed by atoms with Gasteiger partial charge in [-0.1, -0.05) is 6.92 Å². The van der Waals surface area contributed by atoms with Crippen LogP contribution < -0.4 is 5.73 Å². The molecular formula is C11H22N4O4S. The highest BCUT2D eigenvalue weighted by molar-refractivity contribution is 7.89. The summed E-state index contributed by atoms with van der Waals surface area (Å²) in [4.78, 5) is -0.0319. The van der Waals surface area contributed by atoms with Crippen LogP contribution in [-0.2, 0) is 21.3 Å². The van der Waals surface area contributed by atoms with Gasteiger partial charge in [0.25, 0.3) is 0 Å². The minimum Gasteiger partial charge on any atom is -0.395 e. The molecule has 0 spiro atoms. The van der Waals surface area contributed by atoms with Crippen LogP contribution in [0.2, 0.25) is 0 Å². The molecule has 8 nitrogen and oxygen atoms in total. The van der Waals surface area contributed by atoms with Crippen molar-refractivity contribution < 1.29 is 18.3 Å². The second-order valence-electron chi connectivity index (χ2n) is 4.26. The van der Waals surface area contributed by atoms with Crippen LogP contribution in [0.4, 0.5) is 5.82 Å². The van der Waals surface area contributed by atoms with Crippen LogP contribution in [0.15, 0.2) is 11.1 Å². The Morgan fingerprint density at radius 1 is 1.50 bits per heavy atom. The number of hydrogen-bond donors (Lipinski definition) is 2. The normalized spacial score (nSPS) is 12.2. The van der Waals surface area contributed by atoms with Crippen LogP contribution in [0.5, 0.6) is 0 Å². The van der Waals surface area contributed by atoms with Crippen LogP contribution in [0.1, 0.15) is 13.3 Å². The number of aryl methyl sites for hydroxylation is 1. The van der Waals surface area contributed by atoms with Gasteiger partial charge in [0.1, 0.15) is 4.90 Å². The Balaban J connectivity index is 3.05. The lowest BCUT2D eigenvalue weighted by atomic mass is 10.5. The summed E-state index contributed by atoms with van der Waals surface area (Å²) >= 11 is 0. The number of rotatable bonds is 9. The Bertz CT molecular complexity index is 514. The van der Waals surface area contributed by atoms with Crippen molar-refractivity contribution in [1.29, 1.82) is 0 Å². The molecule has 0 fully saturated rings. The van der Waals surface area contributed by atoms with Crippen molar-refractivity contribution in [2.75, 3.05) is 39.1 Å². The van der Waals surface area contributed by atoms with Gasteiger partial charge in [0.05, 0.1) is 13.2 Å². The fraction of sp³-hybridized carbons (Fsp3) is 0.727. The first-order valence-corrected chi connectivity index (χ1v) is 7.84. The van der Waals surface area contributed by atoms with E-state index in [-0.39, 0.29) is 37.0 Å². The minimum atomic E-state index is -3.78. The van der Waals surface area contributed by atoms with Crippen molar-refractivity contribution in [3.8, 4) is 0 Å². The molecule has 0 unspecified atom stereocenters. The van der Waals surface area contributed by atoms with Gasteiger partial charge in [0.15, 0.2) is 5.82 Å². The van der Waals surface area contributed by atoms with E-state index in [4.69, 9.17) is 15.6 Å². The zero-order valence-electron chi connectivity index (χ0n) is 11.8. The van der Waals surface area contributed by atoms with Crippen molar-refractivity contribution in [2.24, 2.45) is 0 Å². The number of aliphatic hydroxyl groups is 1. The molecule has 0 aromatic carbocycles. The highest BCUT2D eigenvalue weighted by Gasteiger charge is 2.28. The zero-order valence-corrected chi connectivity index (χ0v) is 12.6. The van der Waals surface area contributed by atoms with Crippen LogP contribution in [-0.4, -0.2) is 61.0 Å². The van der Waals surface area contributed by atoms with E-state index in [0.29, 0.717) is 6.54 Å². The average molecular weight is 306 g/mol. The first kappa shape index (κ1) is 16.9. The summed E-state index contributed by atoms with van der Waals surface area (Å²) in [6.07, 6.45) is 2.25. The maximum atomic E-state index is 12.5. The number of sulfonamides is 1. The molecule has 0 radical (unpaired) electrons. The van der Waals surface area contributed by atoms with E-state index in [0.717, 1.165) is 10.7 Å². The van der Waals surface area contributed by atoms with E-state index in [2.05, 4.69) is 5.10 Å². The molecular weight excluding hydrogens is 284 g/mol. The van der Waals surface area contributed by atoms with Crippen LogP contribution in [0.3, 0.4) is 0 Å². The molecule has 116 valence electrons. The fourth-order valence-electron chi connectivity index (χ4n) is 1.76. The van der Waals surface area contributed by atoms with Gasteiger partial charge in [-0.05, 0) is 6.42 Å². The molecule has 9 heteroatoms. The predicted molar refractivity (Wildman–Crippen MR) is 74.7 cm³/mol. The summed E-state index contributed by atoms with van der Waals surface area (Å²) in [5.74, 6) is -0.0289. The Hall–Kier alpha value is -1.16. The standard InChI is InChI=1S/C11H22N4O4S/c1-3-4-14-9-10(11(12)13-14)20(17,18)15(5-7-16)6-8-19-2/h9,16H,3-8H2,1-2H3,(H2,12,13). The molecule has 3 N–H and O–H groups in total. The average Bonchev–Trinajstić information content (AvgIpc) is 2.76. The van der Waals surface area contributed by atoms with Gasteiger partial charge in [0, 0.05) is 32.9 Å². The van der Waals surface area contributed by atoms with E-state index in [1.54, 1.807) is 0 Å². The van der Waals surface area contributed by atoms with Crippen molar-refractivity contribution >= 4 is 15.8 Å². The number of aliphatic hydroxyl groups excluding tert-OH is 1. The molecule has 0 bridgehead atoms. The lowest BCUT2D eigenvalue weighted by Gasteiger charge is -2.20. The molecule has 0 saturated heterocycles. The lowest BCUT2D eigenvalue weighted by Crippen LogP contribution is -2.36. The molecule has 0 aliphatic heterocycles. The van der Waals surface area contributed by atoms with Gasteiger partial charge in [-0.2, -0.15) is 9.40 Å². The highest BCUT2D eigenvalue weighted by Crippen LogP contribution is 2.21. The third kappa shape index (κ3) is 3.92. The number of nitrogens with two attached hydrogens (primary N) is 1. The van der Waals surface area contributed by atoms with Crippen molar-refractivity contribution in [1.82, 2.24) is 14.1 Å². The summed E-state index contributed by atoms with van der Waals surface area (Å²) in [5.41, 5.74) is 5.69. The third-order valence-corrected chi connectivity index (χ3v) is 4.63. The summed E-state index contributed by atoms with van der Waals surface area (Å²) in [6, 6.07) is 0. The Kier molecular flexibility index (Phi) is 6.40. The van der Waals surface area contributed by atoms with Gasteiger partial charge in [-0.3, -0.25) is 4.68 Å². The Morgan fingerprint density at radius 2 is 2.20 bits per heavy atom. The molecule has 0 aliphatic rings. The van der Waals surface area contributed by atoms with E-state index in [1.165, 1.54) is 18.0 Å². The highest BCUT2D eigenvalue weighted by atomic mass is 32.2. The molecule has 0 atom stereocenters. The van der Waals surface area contributed by atoms with Gasteiger partial charge >= 0.3 is 0 Å². The monoisotopic (exact) mass is 306 g/mol. The quantitative estimate of drug-likeness (QED) is 0.636. The first-order valence-electron chi connectivity index (χ1n) is 6.40. The first-order chi connectivity index (χ1) is 9.47. The summed E-state index contributed by atoms with van der Waals surface area (Å²) in [6.45, 7) is 2.66. The van der Waals surface area contributed by atoms with Crippen LogP contribution in [0.25, 0.3) is 0 Å². The maximum Gasteiger partial charge on any atom is 0.248 e. The molecule has 1 rings (SSSR count). The van der Waals surface area contributed by atoms with E-state index in [1.807, 2.05) is 6.92 Å². The van der Waals surface area contributed by atoms with Gasteiger partial charge in [-0.25, -0.2) is 8.42 Å². The number of nitrogens with zero attached hydrogens (tertiary/aromatic N) is 3. The van der Waals surface area contributed by atoms with Crippen LogP contribution >= 0.6 is 0 Å². The van der Waals surface area contributed by atoms with Gasteiger partial charge in [0.2, 0.25) is 10.0 Å². The number of aromatic nitrogens is 2. The fourth-order valence-corrected chi connectivity index (χ4v) is 3.23. The number of methoxy groups -OCH3 is 1. The molecule has 0 saturated carbocycles. The maximum absolute atomic E-state index is 12.5. The minimum absolute atomic E-state index is 0.00983. The topological polar surface area (TPSA) is 111 Å². The second-order valence-corrected chi connectivity index (χ2v) is 6.17. The predicted octanol–water partition coefficient (Wildman–Crippen LogP) is -0.495. The zero-order chi connectivity index (χ0) is 15.2. The molecule has 0 amide bonds. The largest absolute Gasteiger partial charge is 0.395 e. The molecule has 1 aromatic rings. The van der Waals surface area contributed by atoms with Gasteiger partial charge in [-0.15, -0.1) is 0 Å². The smallest absolute Gasteiger partial charge is 0.248 e. The molecule has 0 aliphatic carbocycles. The number of ether oxygens (including phenoxy) is 1. The summed E-state index contributed by atoms with van der Waals surface area (Å²) in [7, 11) is -2.30. The van der Waals surface area contributed by atoms with E-state index in [9.17, 15) is 8.42 Å². The SMILES string of the molecule is CCCn1cc(S(=O)(=O)N(CCO)CCOC)c(N)n1.